The molecule has 0 saturated heterocycles. The van der Waals surface area contributed by atoms with E-state index in [0.717, 1.165) is 6.42 Å². The summed E-state index contributed by atoms with van der Waals surface area (Å²) in [6.45, 7) is 2.06. The van der Waals surface area contributed by atoms with Gasteiger partial charge < -0.3 is 5.73 Å². The highest BCUT2D eigenvalue weighted by Crippen LogP contribution is 2.28. The SMILES string of the molecule is CC1CC=NN1c1nc(N)c(Br)c(-n2cccn2)n1. The molecule has 3 heterocycles. The van der Waals surface area contributed by atoms with Gasteiger partial charge in [0.05, 0.1) is 6.04 Å². The van der Waals surface area contributed by atoms with E-state index in [-0.39, 0.29) is 6.04 Å². The van der Waals surface area contributed by atoms with Crippen LogP contribution < -0.4 is 10.7 Å². The standard InChI is InChI=1S/C11H12BrN7/c1-7-3-5-15-19(7)11-16-9(13)8(12)10(17-11)18-6-2-4-14-18/h2,4-7H,3H2,1H3,(H2,13,16,17). The molecule has 0 fully saturated rings. The molecule has 0 aliphatic carbocycles. The van der Waals surface area contributed by atoms with Crippen LogP contribution in [0, 0.1) is 0 Å². The summed E-state index contributed by atoms with van der Waals surface area (Å²) >= 11 is 3.39. The molecule has 1 atom stereocenters. The summed E-state index contributed by atoms with van der Waals surface area (Å²) in [7, 11) is 0. The fraction of sp³-hybridized carbons (Fsp3) is 0.273. The van der Waals surface area contributed by atoms with Gasteiger partial charge in [0.25, 0.3) is 5.95 Å². The fourth-order valence-electron chi connectivity index (χ4n) is 1.84. The Balaban J connectivity index is 2.10. The molecule has 3 rings (SSSR count). The third-order valence-corrected chi connectivity index (χ3v) is 3.60. The Morgan fingerprint density at radius 2 is 2.26 bits per heavy atom. The minimum absolute atomic E-state index is 0.228. The molecule has 8 heteroatoms. The highest BCUT2D eigenvalue weighted by Gasteiger charge is 2.23. The Morgan fingerprint density at radius 3 is 2.89 bits per heavy atom. The second-order valence-electron chi connectivity index (χ2n) is 4.22. The monoisotopic (exact) mass is 321 g/mol. The van der Waals surface area contributed by atoms with Gasteiger partial charge in [-0.25, -0.2) is 9.69 Å². The third kappa shape index (κ3) is 2.07. The molecule has 2 aromatic rings. The molecule has 2 aromatic heterocycles. The van der Waals surface area contributed by atoms with Gasteiger partial charge in [0.2, 0.25) is 0 Å². The molecule has 2 N–H and O–H groups in total. The van der Waals surface area contributed by atoms with E-state index in [4.69, 9.17) is 5.73 Å². The smallest absolute Gasteiger partial charge is 0.250 e. The summed E-state index contributed by atoms with van der Waals surface area (Å²) in [6.07, 6.45) is 6.20. The van der Waals surface area contributed by atoms with Crippen molar-refractivity contribution in [1.82, 2.24) is 19.7 Å². The number of halogens is 1. The van der Waals surface area contributed by atoms with Gasteiger partial charge in [-0.1, -0.05) is 0 Å². The molecule has 19 heavy (non-hydrogen) atoms. The molecular weight excluding hydrogens is 310 g/mol. The molecule has 0 radical (unpaired) electrons. The Bertz CT molecular complexity index is 622. The van der Waals surface area contributed by atoms with E-state index >= 15 is 0 Å². The van der Waals surface area contributed by atoms with Crippen molar-refractivity contribution in [2.75, 3.05) is 10.7 Å². The number of aromatic nitrogens is 4. The molecule has 1 aliphatic rings. The summed E-state index contributed by atoms with van der Waals surface area (Å²) in [5.74, 6) is 1.44. The lowest BCUT2D eigenvalue weighted by Crippen LogP contribution is -2.25. The van der Waals surface area contributed by atoms with Gasteiger partial charge in [-0.05, 0) is 28.9 Å². The fourth-order valence-corrected chi connectivity index (χ4v) is 2.20. The van der Waals surface area contributed by atoms with Crippen LogP contribution in [0.4, 0.5) is 11.8 Å². The lowest BCUT2D eigenvalue weighted by molar-refractivity contribution is 0.696. The van der Waals surface area contributed by atoms with Gasteiger partial charge in [0.15, 0.2) is 5.82 Å². The van der Waals surface area contributed by atoms with E-state index in [2.05, 4.69) is 43.0 Å². The second-order valence-corrected chi connectivity index (χ2v) is 5.02. The Morgan fingerprint density at radius 1 is 1.42 bits per heavy atom. The van der Waals surface area contributed by atoms with Gasteiger partial charge >= 0.3 is 0 Å². The van der Waals surface area contributed by atoms with Crippen molar-refractivity contribution in [3.05, 3.63) is 22.9 Å². The molecule has 98 valence electrons. The molecule has 7 nitrogen and oxygen atoms in total. The van der Waals surface area contributed by atoms with E-state index in [1.54, 1.807) is 22.1 Å². The van der Waals surface area contributed by atoms with Crippen LogP contribution in [0.5, 0.6) is 0 Å². The average molecular weight is 322 g/mol. The first-order chi connectivity index (χ1) is 9.16. The largest absolute Gasteiger partial charge is 0.383 e. The van der Waals surface area contributed by atoms with Crippen LogP contribution >= 0.6 is 15.9 Å². The maximum absolute atomic E-state index is 5.92. The molecule has 0 aromatic carbocycles. The molecule has 1 unspecified atom stereocenters. The highest BCUT2D eigenvalue weighted by molar-refractivity contribution is 9.10. The van der Waals surface area contributed by atoms with Crippen molar-refractivity contribution in [3.8, 4) is 5.82 Å². The summed E-state index contributed by atoms with van der Waals surface area (Å²) in [4.78, 5) is 8.75. The van der Waals surface area contributed by atoms with Crippen molar-refractivity contribution in [1.29, 1.82) is 0 Å². The van der Waals surface area contributed by atoms with Gasteiger partial charge in [-0.15, -0.1) is 0 Å². The van der Waals surface area contributed by atoms with Crippen molar-refractivity contribution < 1.29 is 0 Å². The van der Waals surface area contributed by atoms with Crippen LogP contribution in [0.1, 0.15) is 13.3 Å². The van der Waals surface area contributed by atoms with Crippen LogP contribution in [0.25, 0.3) is 5.82 Å². The van der Waals surface area contributed by atoms with Crippen molar-refractivity contribution in [2.24, 2.45) is 5.10 Å². The minimum atomic E-state index is 0.228. The van der Waals surface area contributed by atoms with E-state index in [1.807, 2.05) is 12.3 Å². The van der Waals surface area contributed by atoms with E-state index in [1.165, 1.54) is 0 Å². The number of hydrogen-bond acceptors (Lipinski definition) is 6. The van der Waals surface area contributed by atoms with Gasteiger partial charge in [-0.3, -0.25) is 0 Å². The van der Waals surface area contributed by atoms with E-state index < -0.39 is 0 Å². The number of hydrogen-bond donors (Lipinski definition) is 1. The van der Waals surface area contributed by atoms with Crippen molar-refractivity contribution >= 4 is 33.9 Å². The Labute approximate surface area is 118 Å². The first-order valence-electron chi connectivity index (χ1n) is 5.81. The van der Waals surface area contributed by atoms with Gasteiger partial charge in [-0.2, -0.15) is 20.2 Å². The lowest BCUT2D eigenvalue weighted by Gasteiger charge is -2.19. The van der Waals surface area contributed by atoms with E-state index in [9.17, 15) is 0 Å². The van der Waals surface area contributed by atoms with Crippen LogP contribution in [-0.2, 0) is 0 Å². The topological polar surface area (TPSA) is 85.2 Å². The maximum atomic E-state index is 5.92. The molecule has 1 aliphatic heterocycles. The number of hydrazone groups is 1. The zero-order valence-electron chi connectivity index (χ0n) is 10.2. The lowest BCUT2D eigenvalue weighted by atomic mass is 10.3. The quantitative estimate of drug-likeness (QED) is 0.907. The van der Waals surface area contributed by atoms with Crippen LogP contribution in [0.3, 0.4) is 0 Å². The second kappa shape index (κ2) is 4.61. The molecular formula is C11H12BrN7. The van der Waals surface area contributed by atoms with Crippen LogP contribution in [-0.4, -0.2) is 32.0 Å². The zero-order valence-corrected chi connectivity index (χ0v) is 11.8. The number of nitrogens with two attached hydrogens (primary N) is 1. The normalized spacial score (nSPS) is 18.2. The molecule has 0 spiro atoms. The van der Waals surface area contributed by atoms with Crippen LogP contribution in [0.2, 0.25) is 0 Å². The highest BCUT2D eigenvalue weighted by atomic mass is 79.9. The molecule has 0 amide bonds. The first-order valence-corrected chi connectivity index (χ1v) is 6.61. The Kier molecular flexibility index (Phi) is 2.94. The molecule has 0 saturated carbocycles. The predicted octanol–water partition coefficient (Wildman–Crippen LogP) is 1.59. The van der Waals surface area contributed by atoms with Crippen molar-refractivity contribution in [2.45, 2.75) is 19.4 Å². The van der Waals surface area contributed by atoms with Crippen molar-refractivity contribution in [3.63, 3.8) is 0 Å². The predicted molar refractivity (Wildman–Crippen MR) is 76.3 cm³/mol. The summed E-state index contributed by atoms with van der Waals surface area (Å²) < 4.78 is 2.26. The average Bonchev–Trinajstić information content (AvgIpc) is 3.03. The van der Waals surface area contributed by atoms with Crippen LogP contribution in [0.15, 0.2) is 28.0 Å². The van der Waals surface area contributed by atoms with Gasteiger partial charge in [0, 0.05) is 25.0 Å². The zero-order chi connectivity index (χ0) is 13.4. The number of nitrogen functional groups attached to an aromatic ring is 1. The number of anilines is 2. The number of nitrogens with zero attached hydrogens (tertiary/aromatic N) is 6. The van der Waals surface area contributed by atoms with E-state index in [0.29, 0.717) is 22.1 Å². The Hall–Kier alpha value is -1.96. The van der Waals surface area contributed by atoms with Gasteiger partial charge in [0.1, 0.15) is 10.3 Å². The minimum Gasteiger partial charge on any atom is -0.383 e. The third-order valence-electron chi connectivity index (χ3n) is 2.84. The first kappa shape index (κ1) is 12.1. The maximum Gasteiger partial charge on any atom is 0.250 e. The summed E-state index contributed by atoms with van der Waals surface area (Å²) in [5.41, 5.74) is 5.92. The summed E-state index contributed by atoms with van der Waals surface area (Å²) in [6, 6.07) is 2.05. The molecule has 0 bridgehead atoms. The number of rotatable bonds is 2. The summed E-state index contributed by atoms with van der Waals surface area (Å²) in [5, 5.41) is 10.2.